The number of ether oxygens (including phenoxy) is 1. The molecule has 114 valence electrons. The van der Waals surface area contributed by atoms with Gasteiger partial charge in [-0.1, -0.05) is 58.8 Å². The van der Waals surface area contributed by atoms with Crippen molar-refractivity contribution >= 4 is 0 Å². The van der Waals surface area contributed by atoms with Crippen molar-refractivity contribution in [2.75, 3.05) is 7.11 Å². The summed E-state index contributed by atoms with van der Waals surface area (Å²) >= 11 is 0. The van der Waals surface area contributed by atoms with E-state index in [-0.39, 0.29) is 0 Å². The molecule has 1 atom stereocenters. The second-order valence-electron chi connectivity index (χ2n) is 5.53. The summed E-state index contributed by atoms with van der Waals surface area (Å²) in [6.45, 7) is 4.51. The molecule has 0 bridgehead atoms. The van der Waals surface area contributed by atoms with Crippen molar-refractivity contribution in [3.8, 4) is 5.88 Å². The van der Waals surface area contributed by atoms with E-state index in [9.17, 15) is 0 Å². The minimum Gasteiger partial charge on any atom is -0.480 e. The van der Waals surface area contributed by atoms with E-state index in [2.05, 4.69) is 23.8 Å². The Balaban J connectivity index is 2.58. The van der Waals surface area contributed by atoms with Gasteiger partial charge in [0.05, 0.1) is 19.0 Å². The molecule has 3 heteroatoms. The van der Waals surface area contributed by atoms with Crippen molar-refractivity contribution in [2.24, 2.45) is 0 Å². The Labute approximate surface area is 124 Å². The lowest BCUT2D eigenvalue weighted by Gasteiger charge is -2.16. The number of unbranched alkanes of at least 4 members (excludes halogenated alkanes) is 5. The molecule has 0 fully saturated rings. The molecular formula is C17H30N2O. The van der Waals surface area contributed by atoms with E-state index in [1.165, 1.54) is 57.8 Å². The topological polar surface area (TPSA) is 35.0 Å². The minimum absolute atomic E-state index is 0.543. The van der Waals surface area contributed by atoms with Gasteiger partial charge in [0.15, 0.2) is 0 Å². The van der Waals surface area contributed by atoms with Crippen molar-refractivity contribution in [3.05, 3.63) is 18.1 Å². The third-order valence-corrected chi connectivity index (χ3v) is 3.82. The van der Waals surface area contributed by atoms with Crippen LogP contribution in [-0.2, 0) is 0 Å². The molecule has 1 unspecified atom stereocenters. The van der Waals surface area contributed by atoms with E-state index < -0.39 is 0 Å². The Morgan fingerprint density at radius 1 is 0.950 bits per heavy atom. The van der Waals surface area contributed by atoms with E-state index in [1.807, 2.05) is 6.20 Å². The monoisotopic (exact) mass is 278 g/mol. The number of hydrogen-bond donors (Lipinski definition) is 0. The smallest absolute Gasteiger partial charge is 0.232 e. The van der Waals surface area contributed by atoms with E-state index in [0.29, 0.717) is 11.8 Å². The van der Waals surface area contributed by atoms with Gasteiger partial charge in [0.2, 0.25) is 5.88 Å². The first-order chi connectivity index (χ1) is 9.81. The SMILES string of the molecule is CCCCCCC(CCCCC)c1cncc(OC)n1. The van der Waals surface area contributed by atoms with Crippen LogP contribution >= 0.6 is 0 Å². The number of nitrogens with zero attached hydrogens (tertiary/aromatic N) is 2. The zero-order valence-electron chi connectivity index (χ0n) is 13.4. The van der Waals surface area contributed by atoms with E-state index in [4.69, 9.17) is 4.74 Å². The molecule has 0 aliphatic rings. The largest absolute Gasteiger partial charge is 0.480 e. The quantitative estimate of drug-likeness (QED) is 0.527. The predicted molar refractivity (Wildman–Crippen MR) is 84.2 cm³/mol. The maximum absolute atomic E-state index is 5.20. The first kappa shape index (κ1) is 16.9. The van der Waals surface area contributed by atoms with E-state index in [1.54, 1.807) is 13.3 Å². The molecular weight excluding hydrogens is 248 g/mol. The molecule has 0 amide bonds. The van der Waals surface area contributed by atoms with Crippen LogP contribution in [0.2, 0.25) is 0 Å². The molecule has 0 spiro atoms. The Bertz CT molecular complexity index is 355. The molecule has 0 radical (unpaired) electrons. The fraction of sp³-hybridized carbons (Fsp3) is 0.765. The second kappa shape index (κ2) is 10.6. The molecule has 20 heavy (non-hydrogen) atoms. The van der Waals surface area contributed by atoms with Gasteiger partial charge in [-0.05, 0) is 12.8 Å². The molecule has 0 saturated heterocycles. The summed E-state index contributed by atoms with van der Waals surface area (Å²) in [4.78, 5) is 8.85. The van der Waals surface area contributed by atoms with Gasteiger partial charge >= 0.3 is 0 Å². The van der Waals surface area contributed by atoms with Crippen molar-refractivity contribution in [2.45, 2.75) is 77.6 Å². The fourth-order valence-electron chi connectivity index (χ4n) is 2.56. The van der Waals surface area contributed by atoms with Gasteiger partial charge in [0.25, 0.3) is 0 Å². The van der Waals surface area contributed by atoms with Crippen molar-refractivity contribution in [3.63, 3.8) is 0 Å². The van der Waals surface area contributed by atoms with Gasteiger partial charge in [-0.2, -0.15) is 0 Å². The number of methoxy groups -OCH3 is 1. The Morgan fingerprint density at radius 2 is 1.60 bits per heavy atom. The van der Waals surface area contributed by atoms with Crippen LogP contribution in [0.15, 0.2) is 12.4 Å². The van der Waals surface area contributed by atoms with Crippen molar-refractivity contribution in [1.29, 1.82) is 0 Å². The second-order valence-corrected chi connectivity index (χ2v) is 5.53. The van der Waals surface area contributed by atoms with Gasteiger partial charge in [0.1, 0.15) is 0 Å². The number of aromatic nitrogens is 2. The highest BCUT2D eigenvalue weighted by Gasteiger charge is 2.14. The van der Waals surface area contributed by atoms with Crippen molar-refractivity contribution < 1.29 is 4.74 Å². The van der Waals surface area contributed by atoms with Crippen LogP contribution in [-0.4, -0.2) is 17.1 Å². The Morgan fingerprint density at radius 3 is 2.25 bits per heavy atom. The average Bonchev–Trinajstić information content (AvgIpc) is 2.50. The first-order valence-electron chi connectivity index (χ1n) is 8.17. The van der Waals surface area contributed by atoms with Gasteiger partial charge in [-0.25, -0.2) is 4.98 Å². The fourth-order valence-corrected chi connectivity index (χ4v) is 2.56. The van der Waals surface area contributed by atoms with E-state index >= 15 is 0 Å². The summed E-state index contributed by atoms with van der Waals surface area (Å²) in [5, 5.41) is 0. The highest BCUT2D eigenvalue weighted by atomic mass is 16.5. The molecule has 1 aromatic rings. The van der Waals surface area contributed by atoms with Crippen LogP contribution < -0.4 is 4.74 Å². The summed E-state index contributed by atoms with van der Waals surface area (Å²) in [5.41, 5.74) is 1.11. The Kier molecular flexibility index (Phi) is 9.01. The van der Waals surface area contributed by atoms with Crippen LogP contribution in [0.1, 0.15) is 83.2 Å². The highest BCUT2D eigenvalue weighted by Crippen LogP contribution is 2.27. The molecule has 0 saturated carbocycles. The lowest BCUT2D eigenvalue weighted by molar-refractivity contribution is 0.389. The molecule has 0 N–H and O–H groups in total. The van der Waals surface area contributed by atoms with Crippen molar-refractivity contribution in [1.82, 2.24) is 9.97 Å². The lowest BCUT2D eigenvalue weighted by Crippen LogP contribution is -2.04. The van der Waals surface area contributed by atoms with Crippen LogP contribution in [0.4, 0.5) is 0 Å². The maximum Gasteiger partial charge on any atom is 0.232 e. The first-order valence-corrected chi connectivity index (χ1v) is 8.17. The zero-order chi connectivity index (χ0) is 14.6. The molecule has 1 rings (SSSR count). The lowest BCUT2D eigenvalue weighted by atomic mass is 9.92. The average molecular weight is 278 g/mol. The molecule has 0 aliphatic carbocycles. The number of hydrogen-bond acceptors (Lipinski definition) is 3. The van der Waals surface area contributed by atoms with Gasteiger partial charge < -0.3 is 4.74 Å². The summed E-state index contributed by atoms with van der Waals surface area (Å²) < 4.78 is 5.20. The predicted octanol–water partition coefficient (Wildman–Crippen LogP) is 5.12. The maximum atomic E-state index is 5.20. The highest BCUT2D eigenvalue weighted by molar-refractivity contribution is 5.12. The van der Waals surface area contributed by atoms with E-state index in [0.717, 1.165) is 5.69 Å². The van der Waals surface area contributed by atoms with Gasteiger partial charge in [-0.3, -0.25) is 4.98 Å². The van der Waals surface area contributed by atoms with Crippen LogP contribution in [0.25, 0.3) is 0 Å². The zero-order valence-corrected chi connectivity index (χ0v) is 13.4. The van der Waals surface area contributed by atoms with Gasteiger partial charge in [-0.15, -0.1) is 0 Å². The molecule has 1 heterocycles. The third kappa shape index (κ3) is 6.36. The normalized spacial score (nSPS) is 12.3. The van der Waals surface area contributed by atoms with Crippen LogP contribution in [0, 0.1) is 0 Å². The minimum atomic E-state index is 0.543. The molecule has 0 aromatic carbocycles. The molecule has 0 aliphatic heterocycles. The third-order valence-electron chi connectivity index (χ3n) is 3.82. The summed E-state index contributed by atoms with van der Waals surface area (Å²) in [6, 6.07) is 0. The standard InChI is InChI=1S/C17H30N2O/c1-4-6-8-10-12-15(11-9-7-5-2)16-13-18-14-17(19-16)20-3/h13-15H,4-12H2,1-3H3. The molecule has 1 aromatic heterocycles. The summed E-state index contributed by atoms with van der Waals surface area (Å²) in [6.07, 6.45) is 15.2. The summed E-state index contributed by atoms with van der Waals surface area (Å²) in [5.74, 6) is 1.18. The number of rotatable bonds is 11. The summed E-state index contributed by atoms with van der Waals surface area (Å²) in [7, 11) is 1.65. The van der Waals surface area contributed by atoms with Crippen LogP contribution in [0.3, 0.4) is 0 Å². The Hall–Kier alpha value is -1.12. The van der Waals surface area contributed by atoms with Crippen LogP contribution in [0.5, 0.6) is 5.88 Å². The van der Waals surface area contributed by atoms with Gasteiger partial charge in [0, 0.05) is 12.1 Å². The molecule has 3 nitrogen and oxygen atoms in total.